The molecule has 0 radical (unpaired) electrons. The molecule has 0 aromatic heterocycles. The van der Waals surface area contributed by atoms with Gasteiger partial charge in [-0.25, -0.2) is 4.39 Å². The molecule has 2 aliphatic rings. The van der Waals surface area contributed by atoms with Gasteiger partial charge in [0.25, 0.3) is 0 Å². The minimum absolute atomic E-state index is 0.0145. The molecule has 2 heterocycles. The highest BCUT2D eigenvalue weighted by molar-refractivity contribution is 5.81. The number of nitrogens with zero attached hydrogens (tertiary/aromatic N) is 3. The van der Waals surface area contributed by atoms with E-state index < -0.39 is 0 Å². The largest absolute Gasteiger partial charge is 0.342 e. The number of halogens is 1. The second-order valence-corrected chi connectivity index (χ2v) is 7.18. The van der Waals surface area contributed by atoms with E-state index >= 15 is 0 Å². The molecule has 1 aromatic rings. The van der Waals surface area contributed by atoms with E-state index in [2.05, 4.69) is 11.8 Å². The molecule has 0 bridgehead atoms. The van der Waals surface area contributed by atoms with Crippen LogP contribution in [-0.4, -0.2) is 72.3 Å². The Kier molecular flexibility index (Phi) is 6.25. The molecular weight excluding hydrogens is 333 g/mol. The van der Waals surface area contributed by atoms with Crippen LogP contribution in [-0.2, 0) is 16.0 Å². The monoisotopic (exact) mass is 361 g/mol. The molecule has 6 heteroatoms. The van der Waals surface area contributed by atoms with Gasteiger partial charge in [0.1, 0.15) is 5.82 Å². The average molecular weight is 361 g/mol. The van der Waals surface area contributed by atoms with Crippen molar-refractivity contribution in [3.05, 3.63) is 35.6 Å². The normalized spacial score (nSPS) is 19.6. The van der Waals surface area contributed by atoms with Crippen LogP contribution in [0.3, 0.4) is 0 Å². The molecule has 0 aliphatic carbocycles. The molecule has 0 spiro atoms. The summed E-state index contributed by atoms with van der Waals surface area (Å²) in [4.78, 5) is 31.2. The number of piperidine rings is 1. The predicted molar refractivity (Wildman–Crippen MR) is 98.1 cm³/mol. The van der Waals surface area contributed by atoms with Gasteiger partial charge < -0.3 is 14.7 Å². The lowest BCUT2D eigenvalue weighted by Gasteiger charge is -2.38. The summed E-state index contributed by atoms with van der Waals surface area (Å²) in [6.45, 7) is 7.84. The number of hydrogen-bond donors (Lipinski definition) is 0. The van der Waals surface area contributed by atoms with Crippen molar-refractivity contribution in [1.29, 1.82) is 0 Å². The molecule has 0 atom stereocenters. The molecule has 0 saturated carbocycles. The van der Waals surface area contributed by atoms with Crippen LogP contribution < -0.4 is 0 Å². The van der Waals surface area contributed by atoms with Crippen LogP contribution in [0.25, 0.3) is 0 Å². The molecule has 1 aromatic carbocycles. The topological polar surface area (TPSA) is 43.9 Å². The van der Waals surface area contributed by atoms with Gasteiger partial charge in [0, 0.05) is 45.2 Å². The van der Waals surface area contributed by atoms with Gasteiger partial charge in [-0.3, -0.25) is 9.59 Å². The van der Waals surface area contributed by atoms with Gasteiger partial charge in [0.05, 0.1) is 6.42 Å². The molecule has 142 valence electrons. The molecular formula is C20H28FN3O2. The van der Waals surface area contributed by atoms with Crippen LogP contribution in [0.2, 0.25) is 0 Å². The van der Waals surface area contributed by atoms with E-state index in [9.17, 15) is 14.0 Å². The first kappa shape index (κ1) is 18.8. The van der Waals surface area contributed by atoms with Crippen molar-refractivity contribution in [2.45, 2.75) is 26.2 Å². The molecule has 2 saturated heterocycles. The minimum atomic E-state index is -0.336. The van der Waals surface area contributed by atoms with Gasteiger partial charge in [-0.1, -0.05) is 25.1 Å². The van der Waals surface area contributed by atoms with E-state index in [0.717, 1.165) is 32.7 Å². The van der Waals surface area contributed by atoms with Crippen molar-refractivity contribution < 1.29 is 14.0 Å². The molecule has 3 rings (SSSR count). The fourth-order valence-corrected chi connectivity index (χ4v) is 3.84. The summed E-state index contributed by atoms with van der Waals surface area (Å²) in [5.74, 6) is -0.141. The lowest BCUT2D eigenvalue weighted by atomic mass is 9.94. The summed E-state index contributed by atoms with van der Waals surface area (Å²) >= 11 is 0. The number of hydrogen-bond acceptors (Lipinski definition) is 3. The number of amides is 2. The van der Waals surface area contributed by atoms with Gasteiger partial charge in [-0.15, -0.1) is 0 Å². The molecule has 0 unspecified atom stereocenters. The van der Waals surface area contributed by atoms with Crippen LogP contribution in [0.5, 0.6) is 0 Å². The van der Waals surface area contributed by atoms with Crippen molar-refractivity contribution in [2.75, 3.05) is 45.8 Å². The molecule has 26 heavy (non-hydrogen) atoms. The van der Waals surface area contributed by atoms with Crippen molar-refractivity contribution >= 4 is 11.8 Å². The van der Waals surface area contributed by atoms with E-state index in [4.69, 9.17) is 0 Å². The number of likely N-dealkylation sites (tertiary alicyclic amines) is 1. The number of benzene rings is 1. The van der Waals surface area contributed by atoms with Crippen molar-refractivity contribution in [3.8, 4) is 0 Å². The Morgan fingerprint density at radius 1 is 1.00 bits per heavy atom. The van der Waals surface area contributed by atoms with Crippen molar-refractivity contribution in [3.63, 3.8) is 0 Å². The Hall–Kier alpha value is -1.95. The van der Waals surface area contributed by atoms with Crippen LogP contribution in [0.15, 0.2) is 24.3 Å². The Balaban J connectivity index is 1.47. The third-order valence-electron chi connectivity index (χ3n) is 5.63. The maximum Gasteiger partial charge on any atom is 0.227 e. The fourth-order valence-electron chi connectivity index (χ4n) is 3.84. The van der Waals surface area contributed by atoms with Gasteiger partial charge in [0.2, 0.25) is 11.8 Å². The van der Waals surface area contributed by atoms with E-state index in [0.29, 0.717) is 31.5 Å². The summed E-state index contributed by atoms with van der Waals surface area (Å²) in [6.07, 6.45) is 1.50. The molecule has 2 aliphatic heterocycles. The second kappa shape index (κ2) is 8.62. The highest BCUT2D eigenvalue weighted by Crippen LogP contribution is 2.21. The zero-order valence-corrected chi connectivity index (χ0v) is 15.5. The molecule has 2 amide bonds. The quantitative estimate of drug-likeness (QED) is 0.821. The third-order valence-corrected chi connectivity index (χ3v) is 5.63. The Morgan fingerprint density at radius 2 is 1.65 bits per heavy atom. The van der Waals surface area contributed by atoms with Gasteiger partial charge >= 0.3 is 0 Å². The van der Waals surface area contributed by atoms with Crippen LogP contribution in [0.1, 0.15) is 25.3 Å². The number of carbonyl (C=O) groups excluding carboxylic acids is 2. The second-order valence-electron chi connectivity index (χ2n) is 7.18. The van der Waals surface area contributed by atoms with E-state index in [1.807, 2.05) is 4.90 Å². The Morgan fingerprint density at radius 3 is 2.27 bits per heavy atom. The maximum absolute atomic E-state index is 13.7. The Labute approximate surface area is 154 Å². The summed E-state index contributed by atoms with van der Waals surface area (Å²) in [7, 11) is 0. The zero-order chi connectivity index (χ0) is 18.5. The zero-order valence-electron chi connectivity index (χ0n) is 15.5. The highest BCUT2D eigenvalue weighted by Gasteiger charge is 2.31. The van der Waals surface area contributed by atoms with Crippen molar-refractivity contribution in [2.24, 2.45) is 5.92 Å². The first-order valence-electron chi connectivity index (χ1n) is 9.60. The van der Waals surface area contributed by atoms with Gasteiger partial charge in [0.15, 0.2) is 0 Å². The number of piperazine rings is 1. The van der Waals surface area contributed by atoms with Gasteiger partial charge in [-0.2, -0.15) is 0 Å². The van der Waals surface area contributed by atoms with Gasteiger partial charge in [-0.05, 0) is 31.0 Å². The molecule has 5 nitrogen and oxygen atoms in total. The molecule has 2 fully saturated rings. The first-order valence-corrected chi connectivity index (χ1v) is 9.60. The highest BCUT2D eigenvalue weighted by atomic mass is 19.1. The SMILES string of the molecule is CCN1CCN(C(=O)C2CCN(C(=O)Cc3ccccc3F)CC2)CC1. The number of likely N-dealkylation sites (N-methyl/N-ethyl adjacent to an activating group) is 1. The summed E-state index contributed by atoms with van der Waals surface area (Å²) in [5.41, 5.74) is 0.435. The first-order chi connectivity index (χ1) is 12.6. The Bertz CT molecular complexity index is 636. The van der Waals surface area contributed by atoms with E-state index in [1.54, 1.807) is 23.1 Å². The number of rotatable bonds is 4. The molecule has 0 N–H and O–H groups in total. The average Bonchev–Trinajstić information content (AvgIpc) is 2.69. The lowest BCUT2D eigenvalue weighted by molar-refractivity contribution is -0.141. The minimum Gasteiger partial charge on any atom is -0.342 e. The standard InChI is InChI=1S/C20H28FN3O2/c1-2-22-11-13-24(14-12-22)20(26)16-7-9-23(10-8-16)19(25)15-17-5-3-4-6-18(17)21/h3-6,16H,2,7-15H2,1H3. The third kappa shape index (κ3) is 4.41. The van der Waals surface area contributed by atoms with Crippen LogP contribution >= 0.6 is 0 Å². The fraction of sp³-hybridized carbons (Fsp3) is 0.600. The number of carbonyl (C=O) groups is 2. The summed E-state index contributed by atoms with van der Waals surface area (Å²) in [5, 5.41) is 0. The predicted octanol–water partition coefficient (Wildman–Crippen LogP) is 1.77. The van der Waals surface area contributed by atoms with Crippen LogP contribution in [0.4, 0.5) is 4.39 Å². The van der Waals surface area contributed by atoms with Crippen LogP contribution in [0, 0.1) is 11.7 Å². The lowest BCUT2D eigenvalue weighted by Crippen LogP contribution is -2.51. The summed E-state index contributed by atoms with van der Waals surface area (Å²) < 4.78 is 13.7. The maximum atomic E-state index is 13.7. The van der Waals surface area contributed by atoms with E-state index in [1.165, 1.54) is 6.07 Å². The van der Waals surface area contributed by atoms with Crippen molar-refractivity contribution in [1.82, 2.24) is 14.7 Å². The summed E-state index contributed by atoms with van der Waals surface area (Å²) in [6, 6.07) is 6.40. The van der Waals surface area contributed by atoms with E-state index in [-0.39, 0.29) is 30.0 Å². The smallest absolute Gasteiger partial charge is 0.227 e.